The quantitative estimate of drug-likeness (QED) is 0.158. The Hall–Kier alpha value is -3.65. The van der Waals surface area contributed by atoms with Crippen molar-refractivity contribution in [3.05, 3.63) is 143 Å². The first-order valence-electron chi connectivity index (χ1n) is 11.6. The Morgan fingerprint density at radius 3 is 1.77 bits per heavy atom. The number of fused-ring (bicyclic) bond motifs is 1. The summed E-state index contributed by atoms with van der Waals surface area (Å²) in [5.74, 6) is 0. The van der Waals surface area contributed by atoms with Gasteiger partial charge in [-0.25, -0.2) is 0 Å². The molecule has 1 aromatic heterocycles. The lowest BCUT2D eigenvalue weighted by Crippen LogP contribution is -2.34. The summed E-state index contributed by atoms with van der Waals surface area (Å²) >= 11 is 3.52. The molecule has 0 fully saturated rings. The van der Waals surface area contributed by atoms with Crippen LogP contribution < -0.4 is 0 Å². The van der Waals surface area contributed by atoms with Gasteiger partial charge in [-0.1, -0.05) is 113 Å². The number of nitriles is 1. The van der Waals surface area contributed by atoms with Gasteiger partial charge in [0.15, 0.2) is 0 Å². The number of rotatable bonds is 8. The van der Waals surface area contributed by atoms with E-state index < -0.39 is 5.60 Å². The third kappa shape index (κ3) is 4.41. The minimum Gasteiger partial charge on any atom is -0.359 e. The predicted octanol–water partition coefficient (Wildman–Crippen LogP) is 7.42. The van der Waals surface area contributed by atoms with E-state index in [1.165, 1.54) is 5.56 Å². The van der Waals surface area contributed by atoms with Gasteiger partial charge in [0, 0.05) is 22.8 Å². The monoisotopic (exact) mass is 520 g/mol. The lowest BCUT2D eigenvalue weighted by Gasteiger charge is -2.36. The van der Waals surface area contributed by atoms with Crippen molar-refractivity contribution in [3.8, 4) is 6.07 Å². The molecule has 0 N–H and O–H groups in total. The van der Waals surface area contributed by atoms with Crippen molar-refractivity contribution in [1.29, 1.82) is 5.26 Å². The molecule has 0 bridgehead atoms. The number of aromatic nitrogens is 1. The molecule has 0 aliphatic rings. The van der Waals surface area contributed by atoms with Gasteiger partial charge in [-0.05, 0) is 40.5 Å². The summed E-state index contributed by atoms with van der Waals surface area (Å²) in [5, 5.41) is 11.7. The first-order valence-corrected chi connectivity index (χ1v) is 12.8. The fourth-order valence-corrected chi connectivity index (χ4v) is 5.14. The molecule has 5 rings (SSSR count). The molecule has 5 aromatic rings. The summed E-state index contributed by atoms with van der Waals surface area (Å²) in [6.07, 6.45) is 0. The van der Waals surface area contributed by atoms with E-state index in [1.807, 2.05) is 60.7 Å². The van der Waals surface area contributed by atoms with Crippen LogP contribution in [-0.4, -0.2) is 11.2 Å². The first-order chi connectivity index (χ1) is 17.3. The lowest BCUT2D eigenvalue weighted by molar-refractivity contribution is 0.00870. The Kier molecular flexibility index (Phi) is 6.81. The second-order valence-corrected chi connectivity index (χ2v) is 9.01. The molecule has 0 atom stereocenters. The second-order valence-electron chi connectivity index (χ2n) is 8.45. The number of alkyl halides is 1. The van der Waals surface area contributed by atoms with Gasteiger partial charge in [-0.15, -0.1) is 0 Å². The van der Waals surface area contributed by atoms with E-state index >= 15 is 0 Å². The molecule has 0 saturated carbocycles. The van der Waals surface area contributed by atoms with Crippen LogP contribution in [0.4, 0.5) is 0 Å². The van der Waals surface area contributed by atoms with E-state index in [1.54, 1.807) is 0 Å². The Morgan fingerprint density at radius 2 is 1.29 bits per heavy atom. The van der Waals surface area contributed by atoms with Gasteiger partial charge in [-0.2, -0.15) is 5.26 Å². The third-order valence-corrected chi connectivity index (χ3v) is 7.06. The predicted molar refractivity (Wildman–Crippen MR) is 144 cm³/mol. The SMILES string of the molecule is N#Cc1cc2cc(CBr)ccc2n1CCOC(c1ccccc1)(c1ccccc1)c1ccccc1. The lowest BCUT2D eigenvalue weighted by atomic mass is 9.80. The molecule has 3 nitrogen and oxygen atoms in total. The number of nitrogens with zero attached hydrogens (tertiary/aromatic N) is 2. The summed E-state index contributed by atoms with van der Waals surface area (Å²) in [7, 11) is 0. The number of hydrogen-bond acceptors (Lipinski definition) is 2. The van der Waals surface area contributed by atoms with Crippen LogP contribution >= 0.6 is 15.9 Å². The van der Waals surface area contributed by atoms with E-state index in [9.17, 15) is 5.26 Å². The van der Waals surface area contributed by atoms with Crippen molar-refractivity contribution in [1.82, 2.24) is 4.57 Å². The van der Waals surface area contributed by atoms with Crippen molar-refractivity contribution < 1.29 is 4.74 Å². The summed E-state index contributed by atoms with van der Waals surface area (Å²) < 4.78 is 8.97. The second kappa shape index (κ2) is 10.3. The van der Waals surface area contributed by atoms with Crippen LogP contribution in [0, 0.1) is 11.3 Å². The zero-order valence-electron chi connectivity index (χ0n) is 19.3. The molecular formula is C31H25BrN2O. The van der Waals surface area contributed by atoms with Crippen molar-refractivity contribution in [2.75, 3.05) is 6.61 Å². The Labute approximate surface area is 214 Å². The van der Waals surface area contributed by atoms with Crippen molar-refractivity contribution in [2.24, 2.45) is 0 Å². The molecule has 0 amide bonds. The zero-order chi connectivity index (χ0) is 24.1. The molecule has 0 radical (unpaired) electrons. The zero-order valence-corrected chi connectivity index (χ0v) is 20.9. The topological polar surface area (TPSA) is 38.0 Å². The van der Waals surface area contributed by atoms with Gasteiger partial charge in [-0.3, -0.25) is 0 Å². The number of hydrogen-bond donors (Lipinski definition) is 0. The van der Waals surface area contributed by atoms with E-state index in [0.717, 1.165) is 32.9 Å². The molecule has 0 saturated heterocycles. The molecule has 4 aromatic carbocycles. The smallest absolute Gasteiger partial charge is 0.143 e. The average molecular weight is 521 g/mol. The molecule has 4 heteroatoms. The highest BCUT2D eigenvalue weighted by atomic mass is 79.9. The maximum absolute atomic E-state index is 9.82. The van der Waals surface area contributed by atoms with Gasteiger partial charge in [0.1, 0.15) is 17.4 Å². The van der Waals surface area contributed by atoms with E-state index in [4.69, 9.17) is 4.74 Å². The molecule has 35 heavy (non-hydrogen) atoms. The Balaban J connectivity index is 1.57. The Morgan fingerprint density at radius 1 is 0.743 bits per heavy atom. The highest BCUT2D eigenvalue weighted by molar-refractivity contribution is 9.08. The number of ether oxygens (including phenoxy) is 1. The van der Waals surface area contributed by atoms with Gasteiger partial charge in [0.2, 0.25) is 0 Å². The van der Waals surface area contributed by atoms with E-state index in [0.29, 0.717) is 18.8 Å². The van der Waals surface area contributed by atoms with Gasteiger partial charge < -0.3 is 9.30 Å². The molecule has 172 valence electrons. The molecule has 0 aliphatic carbocycles. The maximum atomic E-state index is 9.82. The van der Waals surface area contributed by atoms with Crippen LogP contribution in [0.2, 0.25) is 0 Å². The van der Waals surface area contributed by atoms with Crippen LogP contribution in [-0.2, 0) is 22.2 Å². The highest BCUT2D eigenvalue weighted by Crippen LogP contribution is 2.40. The fourth-order valence-electron chi connectivity index (χ4n) is 4.80. The highest BCUT2D eigenvalue weighted by Gasteiger charge is 2.37. The van der Waals surface area contributed by atoms with Crippen LogP contribution in [0.5, 0.6) is 0 Å². The van der Waals surface area contributed by atoms with Gasteiger partial charge in [0.05, 0.1) is 6.61 Å². The van der Waals surface area contributed by atoms with Crippen LogP contribution in [0.3, 0.4) is 0 Å². The summed E-state index contributed by atoms with van der Waals surface area (Å²) in [6.45, 7) is 0.992. The standard InChI is InChI=1S/C31H25BrN2O/c32-22-24-16-17-30-25(20-24)21-29(23-33)34(30)18-19-35-31(26-10-4-1-5-11-26,27-12-6-2-7-13-27)28-14-8-3-9-15-28/h1-17,20-21H,18-19,22H2. The minimum absolute atomic E-state index is 0.428. The first kappa shape index (κ1) is 23.1. The minimum atomic E-state index is -0.775. The molecular weight excluding hydrogens is 496 g/mol. The average Bonchev–Trinajstić information content (AvgIpc) is 3.29. The maximum Gasteiger partial charge on any atom is 0.143 e. The molecule has 0 spiro atoms. The Bertz CT molecular complexity index is 1360. The number of benzene rings is 4. The summed E-state index contributed by atoms with van der Waals surface area (Å²) in [6, 6.07) is 41.7. The molecule has 0 aliphatic heterocycles. The van der Waals surface area contributed by atoms with Crippen molar-refractivity contribution in [3.63, 3.8) is 0 Å². The van der Waals surface area contributed by atoms with Crippen LogP contribution in [0.15, 0.2) is 115 Å². The van der Waals surface area contributed by atoms with E-state index in [-0.39, 0.29) is 0 Å². The summed E-state index contributed by atoms with van der Waals surface area (Å²) in [4.78, 5) is 0. The molecule has 1 heterocycles. The third-order valence-electron chi connectivity index (χ3n) is 6.41. The van der Waals surface area contributed by atoms with E-state index in [2.05, 4.69) is 81.2 Å². The normalized spacial score (nSPS) is 11.4. The summed E-state index contributed by atoms with van der Waals surface area (Å²) in [5.41, 5.74) is 5.29. The molecule has 0 unspecified atom stereocenters. The van der Waals surface area contributed by atoms with Gasteiger partial charge >= 0.3 is 0 Å². The fraction of sp³-hybridized carbons (Fsp3) is 0.129. The van der Waals surface area contributed by atoms with Crippen LogP contribution in [0.25, 0.3) is 10.9 Å². The largest absolute Gasteiger partial charge is 0.359 e. The van der Waals surface area contributed by atoms with Gasteiger partial charge in [0.25, 0.3) is 0 Å². The van der Waals surface area contributed by atoms with Crippen molar-refractivity contribution in [2.45, 2.75) is 17.5 Å². The van der Waals surface area contributed by atoms with Crippen molar-refractivity contribution >= 4 is 26.8 Å². The van der Waals surface area contributed by atoms with Crippen LogP contribution in [0.1, 0.15) is 27.9 Å². The number of halogens is 1.